The molecule has 0 spiro atoms. The van der Waals surface area contributed by atoms with Crippen molar-refractivity contribution in [2.24, 2.45) is 28.6 Å². The van der Waals surface area contributed by atoms with Gasteiger partial charge in [-0.05, 0) is 82.0 Å². The number of fused-ring (bicyclic) bond motifs is 4. The third-order valence-electron chi connectivity index (χ3n) is 8.77. The number of allylic oxidation sites excluding steroid dienone is 2. The number of esters is 1. The molecule has 6 atom stereocenters. The smallest absolute Gasteiger partial charge is 0.302 e. The number of rotatable bonds is 3. The van der Waals surface area contributed by atoms with Gasteiger partial charge in [0.25, 0.3) is 0 Å². The maximum atomic E-state index is 12.2. The van der Waals surface area contributed by atoms with Crippen molar-refractivity contribution in [3.8, 4) is 0 Å². The molecule has 4 heteroatoms. The largest absolute Gasteiger partial charge is 0.463 e. The van der Waals surface area contributed by atoms with E-state index < -0.39 is 0 Å². The van der Waals surface area contributed by atoms with Crippen LogP contribution in [0, 0.1) is 28.6 Å². The molecule has 0 aromatic carbocycles. The first-order valence-electron chi connectivity index (χ1n) is 10.8. The second-order valence-corrected chi connectivity index (χ2v) is 9.85. The van der Waals surface area contributed by atoms with Crippen molar-refractivity contribution in [3.63, 3.8) is 0 Å². The Morgan fingerprint density at radius 1 is 1.11 bits per heavy atom. The maximum absolute atomic E-state index is 12.2. The Hall–Kier alpha value is -1.16. The van der Waals surface area contributed by atoms with Gasteiger partial charge in [-0.2, -0.15) is 0 Å². The minimum atomic E-state index is -0.190. The van der Waals surface area contributed by atoms with Gasteiger partial charge in [0.2, 0.25) is 0 Å². The van der Waals surface area contributed by atoms with Gasteiger partial charge in [-0.3, -0.25) is 9.59 Å². The Morgan fingerprint density at radius 2 is 1.89 bits per heavy atom. The van der Waals surface area contributed by atoms with E-state index >= 15 is 0 Å². The molecule has 1 N–H and O–H groups in total. The van der Waals surface area contributed by atoms with Crippen LogP contribution in [0.25, 0.3) is 0 Å². The van der Waals surface area contributed by atoms with Crippen LogP contribution >= 0.6 is 0 Å². The van der Waals surface area contributed by atoms with E-state index in [1.54, 1.807) is 18.1 Å². The fourth-order valence-electron chi connectivity index (χ4n) is 7.55. The molecule has 0 radical (unpaired) electrons. The van der Waals surface area contributed by atoms with Crippen LogP contribution in [0.3, 0.4) is 0 Å². The summed E-state index contributed by atoms with van der Waals surface area (Å²) in [6, 6.07) is 0. The molecule has 3 saturated carbocycles. The van der Waals surface area contributed by atoms with Crippen LogP contribution in [0.1, 0.15) is 78.6 Å². The lowest BCUT2D eigenvalue weighted by molar-refractivity contribution is -0.155. The third-order valence-corrected chi connectivity index (χ3v) is 8.77. The van der Waals surface area contributed by atoms with E-state index in [0.29, 0.717) is 17.6 Å². The number of carbonyl (C=O) groups is 2. The molecular weight excluding hydrogens is 340 g/mol. The average Bonchev–Trinajstić information content (AvgIpc) is 2.98. The molecule has 0 aromatic heterocycles. The van der Waals surface area contributed by atoms with Gasteiger partial charge < -0.3 is 9.84 Å². The average molecular weight is 375 g/mol. The first-order valence-corrected chi connectivity index (χ1v) is 10.8. The van der Waals surface area contributed by atoms with Crippen molar-refractivity contribution < 1.29 is 19.4 Å². The van der Waals surface area contributed by atoms with E-state index in [0.717, 1.165) is 57.8 Å². The molecule has 4 rings (SSSR count). The molecule has 0 bridgehead atoms. The van der Waals surface area contributed by atoms with Gasteiger partial charge >= 0.3 is 5.97 Å². The number of hydrogen-bond donors (Lipinski definition) is 1. The SMILES string of the molecule is CC(=O)O[C@H]1CC[C@@]2(CO)[C@@H](CCC3=C4CC[C@H](C(C)=O)[C@@]4(C)CC[C@@H]32)C1. The molecule has 4 aliphatic rings. The van der Waals surface area contributed by atoms with Crippen molar-refractivity contribution in [1.82, 2.24) is 0 Å². The number of ether oxygens (including phenoxy) is 1. The normalized spacial score (nSPS) is 43.6. The van der Waals surface area contributed by atoms with Crippen molar-refractivity contribution in [1.29, 1.82) is 0 Å². The monoisotopic (exact) mass is 374 g/mol. The van der Waals surface area contributed by atoms with Crippen molar-refractivity contribution in [2.45, 2.75) is 84.7 Å². The molecule has 27 heavy (non-hydrogen) atoms. The maximum Gasteiger partial charge on any atom is 0.302 e. The van der Waals surface area contributed by atoms with E-state index in [-0.39, 0.29) is 35.4 Å². The van der Waals surface area contributed by atoms with Gasteiger partial charge in [0, 0.05) is 24.9 Å². The number of hydrogen-bond acceptors (Lipinski definition) is 4. The van der Waals surface area contributed by atoms with E-state index in [1.807, 2.05) is 0 Å². The van der Waals surface area contributed by atoms with Crippen LogP contribution in [-0.4, -0.2) is 29.6 Å². The van der Waals surface area contributed by atoms with Gasteiger partial charge in [0.15, 0.2) is 0 Å². The highest BCUT2D eigenvalue weighted by Crippen LogP contribution is 2.65. The molecule has 4 nitrogen and oxygen atoms in total. The second kappa shape index (κ2) is 6.72. The predicted octanol–water partition coefficient (Wildman–Crippen LogP) is 4.20. The van der Waals surface area contributed by atoms with Gasteiger partial charge in [0.1, 0.15) is 11.9 Å². The Balaban J connectivity index is 1.65. The topological polar surface area (TPSA) is 63.6 Å². The lowest BCUT2D eigenvalue weighted by Gasteiger charge is -2.57. The Labute approximate surface area is 162 Å². The molecule has 0 unspecified atom stereocenters. The fourth-order valence-corrected chi connectivity index (χ4v) is 7.55. The first-order chi connectivity index (χ1) is 12.8. The number of Topliss-reactive ketones (excluding diaryl/α,β-unsaturated/α-hetero) is 1. The minimum absolute atomic E-state index is 0.0174. The molecule has 0 heterocycles. The van der Waals surface area contributed by atoms with Crippen LogP contribution < -0.4 is 0 Å². The highest BCUT2D eigenvalue weighted by molar-refractivity contribution is 5.80. The fraction of sp³-hybridized carbons (Fsp3) is 0.826. The molecule has 0 saturated heterocycles. The van der Waals surface area contributed by atoms with Gasteiger partial charge in [-0.25, -0.2) is 0 Å². The van der Waals surface area contributed by atoms with Gasteiger partial charge in [-0.15, -0.1) is 0 Å². The molecule has 3 fully saturated rings. The predicted molar refractivity (Wildman–Crippen MR) is 103 cm³/mol. The lowest BCUT2D eigenvalue weighted by atomic mass is 9.48. The quantitative estimate of drug-likeness (QED) is 0.594. The molecule has 0 aliphatic heterocycles. The van der Waals surface area contributed by atoms with Crippen LogP contribution in [0.4, 0.5) is 0 Å². The summed E-state index contributed by atoms with van der Waals surface area (Å²) in [6.07, 6.45) is 9.13. The number of carbonyl (C=O) groups excluding carboxylic acids is 2. The summed E-state index contributed by atoms with van der Waals surface area (Å²) in [5.74, 6) is 1.23. The summed E-state index contributed by atoms with van der Waals surface area (Å²) >= 11 is 0. The minimum Gasteiger partial charge on any atom is -0.463 e. The Morgan fingerprint density at radius 3 is 2.56 bits per heavy atom. The lowest BCUT2D eigenvalue weighted by Crippen LogP contribution is -2.52. The zero-order chi connectivity index (χ0) is 19.4. The van der Waals surface area contributed by atoms with Crippen molar-refractivity contribution >= 4 is 11.8 Å². The summed E-state index contributed by atoms with van der Waals surface area (Å²) in [7, 11) is 0. The van der Waals surface area contributed by atoms with Crippen molar-refractivity contribution in [2.75, 3.05) is 6.61 Å². The first kappa shape index (κ1) is 19.2. The van der Waals surface area contributed by atoms with Gasteiger partial charge in [-0.1, -0.05) is 18.1 Å². The molecule has 4 aliphatic carbocycles. The van der Waals surface area contributed by atoms with Crippen LogP contribution in [-0.2, 0) is 14.3 Å². The molecule has 0 amide bonds. The number of aliphatic hydroxyl groups is 1. The standard InChI is InChI=1S/C23H34O4/c1-14(25)19-6-7-20-18-5-4-16-12-17(27-15(2)26)8-11-23(16,13-24)21(18)9-10-22(19,20)3/h16-17,19,21,24H,4-13H2,1-3H3/t16-,17-,19+,21-,22+,23+/m0/s1. The summed E-state index contributed by atoms with van der Waals surface area (Å²) in [5.41, 5.74) is 3.15. The van der Waals surface area contributed by atoms with Crippen LogP contribution in [0.15, 0.2) is 11.1 Å². The second-order valence-electron chi connectivity index (χ2n) is 9.85. The number of ketones is 1. The van der Waals surface area contributed by atoms with E-state index in [1.165, 1.54) is 6.92 Å². The zero-order valence-corrected chi connectivity index (χ0v) is 17.1. The summed E-state index contributed by atoms with van der Waals surface area (Å²) in [5, 5.41) is 10.5. The van der Waals surface area contributed by atoms with E-state index in [9.17, 15) is 14.7 Å². The van der Waals surface area contributed by atoms with Crippen LogP contribution in [0.5, 0.6) is 0 Å². The highest BCUT2D eigenvalue weighted by Gasteiger charge is 2.57. The van der Waals surface area contributed by atoms with E-state index in [2.05, 4.69) is 6.92 Å². The van der Waals surface area contributed by atoms with Crippen molar-refractivity contribution in [3.05, 3.63) is 11.1 Å². The molecule has 0 aromatic rings. The third kappa shape index (κ3) is 2.82. The Bertz CT molecular complexity index is 680. The van der Waals surface area contributed by atoms with Crippen LogP contribution in [0.2, 0.25) is 0 Å². The highest BCUT2D eigenvalue weighted by atomic mass is 16.5. The Kier molecular flexibility index (Phi) is 4.77. The number of aliphatic hydroxyl groups excluding tert-OH is 1. The summed E-state index contributed by atoms with van der Waals surface area (Å²) in [4.78, 5) is 23.6. The molecular formula is C23H34O4. The molecule has 150 valence electrons. The van der Waals surface area contributed by atoms with E-state index in [4.69, 9.17) is 4.74 Å². The summed E-state index contributed by atoms with van der Waals surface area (Å²) < 4.78 is 5.52. The van der Waals surface area contributed by atoms with Gasteiger partial charge in [0.05, 0.1) is 0 Å². The zero-order valence-electron chi connectivity index (χ0n) is 17.1. The summed E-state index contributed by atoms with van der Waals surface area (Å²) in [6.45, 7) is 5.81.